The maximum absolute atomic E-state index is 14.3. The molecule has 43 heavy (non-hydrogen) atoms. The van der Waals surface area contributed by atoms with E-state index < -0.39 is 23.0 Å². The number of esters is 1. The fourth-order valence-electron chi connectivity index (χ4n) is 7.24. The van der Waals surface area contributed by atoms with E-state index in [-0.39, 0.29) is 42.6 Å². The Kier molecular flexibility index (Phi) is 8.79. The SMILES string of the molecule is CC[C@@H]1[C@@H]2CN(C(=O)[C@H](C(C)(C)C)CC(=O)O[C@]3(C)C[C@H]3CCCCCc3nc4ccc(OC)cc4cc3O2)[C@@H]1C(C)=O. The molecule has 234 valence electrons. The van der Waals surface area contributed by atoms with Gasteiger partial charge >= 0.3 is 5.97 Å². The van der Waals surface area contributed by atoms with Crippen LogP contribution in [-0.4, -0.2) is 58.9 Å². The van der Waals surface area contributed by atoms with Gasteiger partial charge in [-0.25, -0.2) is 4.98 Å². The highest BCUT2D eigenvalue weighted by Crippen LogP contribution is 2.50. The smallest absolute Gasteiger partial charge is 0.307 e. The van der Waals surface area contributed by atoms with Gasteiger partial charge in [0.15, 0.2) is 5.78 Å². The van der Waals surface area contributed by atoms with Crippen molar-refractivity contribution < 1.29 is 28.6 Å². The molecule has 5 rings (SSSR count). The average molecular weight is 593 g/mol. The van der Waals surface area contributed by atoms with Gasteiger partial charge in [0, 0.05) is 17.2 Å². The topological polar surface area (TPSA) is 95.0 Å². The molecule has 0 spiro atoms. The number of hydrogen-bond acceptors (Lipinski definition) is 7. The molecule has 1 saturated carbocycles. The Hall–Kier alpha value is -3.16. The molecular formula is C35H48N2O6. The fourth-order valence-corrected chi connectivity index (χ4v) is 7.24. The van der Waals surface area contributed by atoms with Crippen molar-refractivity contribution in [1.29, 1.82) is 0 Å². The number of rotatable bonds is 3. The molecule has 3 aliphatic rings. The van der Waals surface area contributed by atoms with Crippen LogP contribution in [0.2, 0.25) is 0 Å². The second-order valence-corrected chi connectivity index (χ2v) is 14.2. The molecule has 2 aromatic rings. The second kappa shape index (κ2) is 12.1. The number of nitrogens with zero attached hydrogens (tertiary/aromatic N) is 2. The second-order valence-electron chi connectivity index (χ2n) is 14.2. The summed E-state index contributed by atoms with van der Waals surface area (Å²) >= 11 is 0. The van der Waals surface area contributed by atoms with Crippen LogP contribution >= 0.6 is 0 Å². The third-order valence-corrected chi connectivity index (χ3v) is 9.99. The number of carbonyl (C=O) groups excluding carboxylic acids is 3. The summed E-state index contributed by atoms with van der Waals surface area (Å²) in [6.07, 6.45) is 5.98. The molecule has 3 heterocycles. The minimum Gasteiger partial charge on any atom is -0.497 e. The average Bonchev–Trinajstić information content (AvgIpc) is 3.41. The van der Waals surface area contributed by atoms with Gasteiger partial charge in [0.05, 0.1) is 43.2 Å². The molecular weight excluding hydrogens is 544 g/mol. The van der Waals surface area contributed by atoms with Gasteiger partial charge in [-0.1, -0.05) is 40.5 Å². The molecule has 2 fully saturated rings. The standard InChI is InChI=1S/C35H48N2O6/c1-8-25-30-20-37(32(25)21(2)38)33(40)26(34(3,4)5)18-31(39)43-35(6)19-23(35)12-10-9-11-13-28-29(42-30)17-22-16-24(41-7)14-15-27(22)36-28/h14-17,23,25-26,30,32H,8-13,18-20H2,1-7H3/t23-,25-,26-,30+,32-,35-/m1/s1. The molecule has 0 unspecified atom stereocenters. The van der Waals surface area contributed by atoms with Crippen LogP contribution in [0.5, 0.6) is 11.5 Å². The van der Waals surface area contributed by atoms with Crippen LogP contribution in [0.15, 0.2) is 24.3 Å². The van der Waals surface area contributed by atoms with E-state index in [0.29, 0.717) is 18.1 Å². The molecule has 1 aliphatic carbocycles. The molecule has 2 bridgehead atoms. The van der Waals surface area contributed by atoms with E-state index in [0.717, 1.165) is 60.9 Å². The maximum Gasteiger partial charge on any atom is 0.307 e. The van der Waals surface area contributed by atoms with Crippen LogP contribution in [0.4, 0.5) is 0 Å². The summed E-state index contributed by atoms with van der Waals surface area (Å²) in [5.74, 6) is 0.399. The Labute approximate surface area is 255 Å². The predicted molar refractivity (Wildman–Crippen MR) is 165 cm³/mol. The number of amides is 1. The van der Waals surface area contributed by atoms with Gasteiger partial charge in [0.1, 0.15) is 23.2 Å². The molecule has 8 nitrogen and oxygen atoms in total. The van der Waals surface area contributed by atoms with E-state index in [4.69, 9.17) is 19.2 Å². The first-order chi connectivity index (χ1) is 20.3. The van der Waals surface area contributed by atoms with Crippen LogP contribution in [-0.2, 0) is 25.5 Å². The number of ether oxygens (including phenoxy) is 3. The van der Waals surface area contributed by atoms with Gasteiger partial charge in [-0.2, -0.15) is 0 Å². The molecule has 1 saturated heterocycles. The molecule has 2 aliphatic heterocycles. The number of benzene rings is 1. The summed E-state index contributed by atoms with van der Waals surface area (Å²) in [7, 11) is 1.64. The number of Topliss-reactive ketones (excluding diaryl/α,β-unsaturated/α-hetero) is 1. The first-order valence-electron chi connectivity index (χ1n) is 16.0. The lowest BCUT2D eigenvalue weighted by Gasteiger charge is -2.35. The van der Waals surface area contributed by atoms with Crippen LogP contribution in [0.25, 0.3) is 10.9 Å². The molecule has 1 aromatic carbocycles. The van der Waals surface area contributed by atoms with Gasteiger partial charge < -0.3 is 19.1 Å². The lowest BCUT2D eigenvalue weighted by molar-refractivity contribution is -0.158. The Bertz CT molecular complexity index is 1380. The van der Waals surface area contributed by atoms with Crippen LogP contribution < -0.4 is 9.47 Å². The first kappa shape index (κ1) is 31.3. The van der Waals surface area contributed by atoms with Gasteiger partial charge in [-0.3, -0.25) is 14.4 Å². The summed E-state index contributed by atoms with van der Waals surface area (Å²) in [6.45, 7) is 11.8. The van der Waals surface area contributed by atoms with Crippen molar-refractivity contribution in [1.82, 2.24) is 9.88 Å². The number of pyridine rings is 1. The first-order valence-corrected chi connectivity index (χ1v) is 16.0. The molecule has 0 radical (unpaired) electrons. The number of fused-ring (bicyclic) bond motifs is 5. The van der Waals surface area contributed by atoms with Crippen LogP contribution in [0, 0.1) is 23.2 Å². The van der Waals surface area contributed by atoms with Crippen molar-refractivity contribution in [2.24, 2.45) is 23.2 Å². The van der Waals surface area contributed by atoms with Gasteiger partial charge in [-0.15, -0.1) is 0 Å². The number of ketones is 1. The van der Waals surface area contributed by atoms with E-state index >= 15 is 0 Å². The molecule has 1 amide bonds. The van der Waals surface area contributed by atoms with Crippen molar-refractivity contribution >= 4 is 28.6 Å². The highest BCUT2D eigenvalue weighted by atomic mass is 16.6. The Morgan fingerprint density at radius 3 is 2.60 bits per heavy atom. The van der Waals surface area contributed by atoms with Gasteiger partial charge in [0.25, 0.3) is 0 Å². The number of aryl methyl sites for hydroxylation is 1. The van der Waals surface area contributed by atoms with E-state index in [1.54, 1.807) is 18.9 Å². The minimum atomic E-state index is -0.622. The Balaban J connectivity index is 1.54. The fraction of sp³-hybridized carbons (Fsp3) is 0.657. The highest BCUT2D eigenvalue weighted by Gasteiger charge is 2.54. The zero-order valence-corrected chi connectivity index (χ0v) is 26.9. The maximum atomic E-state index is 14.3. The summed E-state index contributed by atoms with van der Waals surface area (Å²) in [5.41, 5.74) is 0.822. The van der Waals surface area contributed by atoms with Gasteiger partial charge in [0.2, 0.25) is 5.91 Å². The molecule has 1 aromatic heterocycles. The molecule has 8 heteroatoms. The van der Waals surface area contributed by atoms with Gasteiger partial charge in [-0.05, 0) is 75.6 Å². The third kappa shape index (κ3) is 6.53. The van der Waals surface area contributed by atoms with Crippen LogP contribution in [0.1, 0.15) is 92.2 Å². The van der Waals surface area contributed by atoms with E-state index in [2.05, 4.69) is 0 Å². The van der Waals surface area contributed by atoms with E-state index in [9.17, 15) is 14.4 Å². The largest absolute Gasteiger partial charge is 0.497 e. The number of methoxy groups -OCH3 is 1. The third-order valence-electron chi connectivity index (χ3n) is 9.99. The molecule has 0 N–H and O–H groups in total. The Morgan fingerprint density at radius 2 is 1.93 bits per heavy atom. The summed E-state index contributed by atoms with van der Waals surface area (Å²) in [6, 6.07) is 7.25. The number of hydrogen-bond donors (Lipinski definition) is 0. The van der Waals surface area contributed by atoms with Crippen molar-refractivity contribution in [3.05, 3.63) is 30.0 Å². The summed E-state index contributed by atoms with van der Waals surface area (Å²) < 4.78 is 18.3. The summed E-state index contributed by atoms with van der Waals surface area (Å²) in [4.78, 5) is 47.4. The van der Waals surface area contributed by atoms with E-state index in [1.165, 1.54) is 0 Å². The quantitative estimate of drug-likeness (QED) is 0.386. The summed E-state index contributed by atoms with van der Waals surface area (Å²) in [5, 5.41) is 0.918. The van der Waals surface area contributed by atoms with Crippen molar-refractivity contribution in [2.45, 2.75) is 111 Å². The van der Waals surface area contributed by atoms with E-state index in [1.807, 2.05) is 58.9 Å². The zero-order valence-electron chi connectivity index (χ0n) is 26.9. The Morgan fingerprint density at radius 1 is 1.16 bits per heavy atom. The van der Waals surface area contributed by atoms with Crippen molar-refractivity contribution in [3.8, 4) is 11.5 Å². The monoisotopic (exact) mass is 592 g/mol. The highest BCUT2D eigenvalue weighted by molar-refractivity contribution is 5.91. The van der Waals surface area contributed by atoms with Crippen molar-refractivity contribution in [3.63, 3.8) is 0 Å². The predicted octanol–water partition coefficient (Wildman–Crippen LogP) is 6.31. The minimum absolute atomic E-state index is 0.00530. The number of carbonyl (C=O) groups is 3. The van der Waals surface area contributed by atoms with Crippen LogP contribution in [0.3, 0.4) is 0 Å². The lowest BCUT2D eigenvalue weighted by atomic mass is 9.77. The zero-order chi connectivity index (χ0) is 31.1. The van der Waals surface area contributed by atoms with Crippen molar-refractivity contribution in [2.75, 3.05) is 13.7 Å². The number of aromatic nitrogens is 1. The molecule has 6 atom stereocenters. The normalized spacial score (nSPS) is 30.4. The lowest BCUT2D eigenvalue weighted by Crippen LogP contribution is -2.48.